The zero-order valence-electron chi connectivity index (χ0n) is 10.2. The van der Waals surface area contributed by atoms with Crippen LogP contribution in [0.5, 0.6) is 0 Å². The van der Waals surface area contributed by atoms with Gasteiger partial charge < -0.3 is 9.09 Å². The second kappa shape index (κ2) is 4.31. The molecule has 5 nitrogen and oxygen atoms in total. The van der Waals surface area contributed by atoms with Crippen LogP contribution in [0.4, 0.5) is 0 Å². The van der Waals surface area contributed by atoms with Gasteiger partial charge in [0.1, 0.15) is 12.4 Å². The Labute approximate surface area is 113 Å². The summed E-state index contributed by atoms with van der Waals surface area (Å²) in [7, 11) is 0. The van der Waals surface area contributed by atoms with E-state index < -0.39 is 0 Å². The molecule has 4 rings (SSSR count). The molecule has 0 saturated heterocycles. The number of nitrogens with zero attached hydrogens (tertiary/aromatic N) is 4. The van der Waals surface area contributed by atoms with Gasteiger partial charge in [-0.25, -0.2) is 4.98 Å². The Balaban J connectivity index is 1.60. The maximum atomic E-state index is 5.31. The van der Waals surface area contributed by atoms with E-state index in [-0.39, 0.29) is 0 Å². The summed E-state index contributed by atoms with van der Waals surface area (Å²) in [6, 6.07) is 4.09. The van der Waals surface area contributed by atoms with Crippen LogP contribution in [0.25, 0.3) is 10.7 Å². The van der Waals surface area contributed by atoms with Gasteiger partial charge in [-0.3, -0.25) is 0 Å². The van der Waals surface area contributed by atoms with Crippen LogP contribution >= 0.6 is 11.3 Å². The number of rotatable bonds is 4. The Morgan fingerprint density at radius 1 is 1.42 bits per heavy atom. The second-order valence-corrected chi connectivity index (χ2v) is 5.62. The van der Waals surface area contributed by atoms with Gasteiger partial charge in [0.25, 0.3) is 0 Å². The highest BCUT2D eigenvalue weighted by Gasteiger charge is 2.28. The molecule has 0 amide bonds. The highest BCUT2D eigenvalue weighted by molar-refractivity contribution is 7.13. The highest BCUT2D eigenvalue weighted by atomic mass is 32.1. The van der Waals surface area contributed by atoms with Crippen LogP contribution in [-0.4, -0.2) is 19.7 Å². The van der Waals surface area contributed by atoms with Crippen LogP contribution in [0, 0.1) is 0 Å². The van der Waals surface area contributed by atoms with Gasteiger partial charge in [-0.1, -0.05) is 11.2 Å². The van der Waals surface area contributed by atoms with Crippen molar-refractivity contribution in [3.8, 4) is 10.7 Å². The van der Waals surface area contributed by atoms with Gasteiger partial charge in [0.2, 0.25) is 5.89 Å². The summed E-state index contributed by atoms with van der Waals surface area (Å²) >= 11 is 1.68. The van der Waals surface area contributed by atoms with Crippen LogP contribution < -0.4 is 0 Å². The number of hydrogen-bond donors (Lipinski definition) is 0. The molecule has 3 aromatic rings. The van der Waals surface area contributed by atoms with E-state index in [0.717, 1.165) is 16.5 Å². The minimum Gasteiger partial charge on any atom is -0.337 e. The molecule has 3 heterocycles. The van der Waals surface area contributed by atoms with Crippen molar-refractivity contribution in [3.05, 3.63) is 41.6 Å². The third-order valence-corrected chi connectivity index (χ3v) is 4.05. The molecule has 0 unspecified atom stereocenters. The van der Waals surface area contributed by atoms with Crippen molar-refractivity contribution < 1.29 is 4.52 Å². The lowest BCUT2D eigenvalue weighted by Gasteiger charge is -2.02. The van der Waals surface area contributed by atoms with Gasteiger partial charge >= 0.3 is 0 Å². The first-order valence-electron chi connectivity index (χ1n) is 6.27. The molecule has 19 heavy (non-hydrogen) atoms. The van der Waals surface area contributed by atoms with E-state index in [1.807, 2.05) is 22.2 Å². The fourth-order valence-corrected chi connectivity index (χ4v) is 2.79. The maximum absolute atomic E-state index is 5.31. The molecule has 6 heteroatoms. The third-order valence-electron chi connectivity index (χ3n) is 3.19. The Hall–Kier alpha value is -1.95. The Morgan fingerprint density at radius 2 is 2.37 bits per heavy atom. The maximum Gasteiger partial charge on any atom is 0.246 e. The van der Waals surface area contributed by atoms with E-state index in [1.54, 1.807) is 17.5 Å². The van der Waals surface area contributed by atoms with E-state index in [1.165, 1.54) is 12.8 Å². The minimum atomic E-state index is 0.525. The van der Waals surface area contributed by atoms with Crippen molar-refractivity contribution >= 4 is 11.3 Å². The SMILES string of the molecule is c1csc(-c2nccn2Cc2nc(C3CC3)no2)c1. The van der Waals surface area contributed by atoms with E-state index in [0.29, 0.717) is 18.4 Å². The average Bonchev–Trinajstić information content (AvgIpc) is 2.89. The van der Waals surface area contributed by atoms with Crippen molar-refractivity contribution in [1.29, 1.82) is 0 Å². The quantitative estimate of drug-likeness (QED) is 0.732. The van der Waals surface area contributed by atoms with Gasteiger partial charge in [-0.05, 0) is 24.3 Å². The molecule has 0 aliphatic heterocycles. The largest absolute Gasteiger partial charge is 0.337 e. The lowest BCUT2D eigenvalue weighted by molar-refractivity contribution is 0.366. The fraction of sp³-hybridized carbons (Fsp3) is 0.308. The monoisotopic (exact) mass is 272 g/mol. The summed E-state index contributed by atoms with van der Waals surface area (Å²) in [5.74, 6) is 2.98. The van der Waals surface area contributed by atoms with Crippen LogP contribution in [0.2, 0.25) is 0 Å². The first kappa shape index (κ1) is 10.9. The first-order chi connectivity index (χ1) is 9.40. The summed E-state index contributed by atoms with van der Waals surface area (Å²) < 4.78 is 7.34. The molecule has 1 saturated carbocycles. The molecule has 3 aromatic heterocycles. The Kier molecular flexibility index (Phi) is 2.48. The van der Waals surface area contributed by atoms with Crippen molar-refractivity contribution in [1.82, 2.24) is 19.7 Å². The van der Waals surface area contributed by atoms with Crippen LogP contribution in [-0.2, 0) is 6.54 Å². The minimum absolute atomic E-state index is 0.525. The van der Waals surface area contributed by atoms with Crippen LogP contribution in [0.15, 0.2) is 34.4 Å². The summed E-state index contributed by atoms with van der Waals surface area (Å²) in [6.07, 6.45) is 6.11. The third kappa shape index (κ3) is 2.08. The second-order valence-electron chi connectivity index (χ2n) is 4.68. The molecule has 1 fully saturated rings. The van der Waals surface area contributed by atoms with Gasteiger partial charge in [-0.15, -0.1) is 11.3 Å². The van der Waals surface area contributed by atoms with Crippen LogP contribution in [0.3, 0.4) is 0 Å². The fourth-order valence-electron chi connectivity index (χ4n) is 2.05. The highest BCUT2D eigenvalue weighted by Crippen LogP contribution is 2.38. The van der Waals surface area contributed by atoms with Gasteiger partial charge in [0.15, 0.2) is 5.82 Å². The zero-order valence-corrected chi connectivity index (χ0v) is 11.0. The summed E-state index contributed by atoms with van der Waals surface area (Å²) in [4.78, 5) is 9.98. The predicted octanol–water partition coefficient (Wildman–Crippen LogP) is 2.92. The molecular formula is C13H12N4OS. The standard InChI is InChI=1S/C13H12N4OS/c1-2-10(19-7-1)13-14-5-6-17(13)8-11-15-12(16-18-11)9-3-4-9/h1-2,5-7,9H,3-4,8H2. The molecule has 0 atom stereocenters. The average molecular weight is 272 g/mol. The van der Waals surface area contributed by atoms with Gasteiger partial charge in [0, 0.05) is 18.3 Å². The molecule has 0 N–H and O–H groups in total. The Morgan fingerprint density at radius 3 is 3.16 bits per heavy atom. The molecule has 0 radical (unpaired) electrons. The van der Waals surface area contributed by atoms with E-state index >= 15 is 0 Å². The molecule has 1 aliphatic rings. The molecule has 96 valence electrons. The van der Waals surface area contributed by atoms with Gasteiger partial charge in [0.05, 0.1) is 4.88 Å². The number of imidazole rings is 1. The van der Waals surface area contributed by atoms with Gasteiger partial charge in [-0.2, -0.15) is 4.98 Å². The number of aromatic nitrogens is 4. The molecule has 0 bridgehead atoms. The molecule has 1 aliphatic carbocycles. The first-order valence-corrected chi connectivity index (χ1v) is 7.15. The smallest absolute Gasteiger partial charge is 0.246 e. The summed E-state index contributed by atoms with van der Waals surface area (Å²) in [6.45, 7) is 0.576. The van der Waals surface area contributed by atoms with E-state index in [9.17, 15) is 0 Å². The van der Waals surface area contributed by atoms with E-state index in [4.69, 9.17) is 4.52 Å². The lowest BCUT2D eigenvalue weighted by Crippen LogP contribution is -2.00. The normalized spacial score (nSPS) is 14.9. The van der Waals surface area contributed by atoms with Crippen LogP contribution in [0.1, 0.15) is 30.5 Å². The predicted molar refractivity (Wildman–Crippen MR) is 70.9 cm³/mol. The summed E-state index contributed by atoms with van der Waals surface area (Å²) in [5.41, 5.74) is 0. The summed E-state index contributed by atoms with van der Waals surface area (Å²) in [5, 5.41) is 6.08. The van der Waals surface area contributed by atoms with Crippen molar-refractivity contribution in [3.63, 3.8) is 0 Å². The topological polar surface area (TPSA) is 56.7 Å². The van der Waals surface area contributed by atoms with E-state index in [2.05, 4.69) is 21.2 Å². The Bertz CT molecular complexity index is 681. The molecular weight excluding hydrogens is 260 g/mol. The van der Waals surface area contributed by atoms with Crippen molar-refractivity contribution in [2.45, 2.75) is 25.3 Å². The van der Waals surface area contributed by atoms with Crippen molar-refractivity contribution in [2.24, 2.45) is 0 Å². The molecule has 0 aromatic carbocycles. The lowest BCUT2D eigenvalue weighted by atomic mass is 10.4. The number of thiophene rings is 1. The van der Waals surface area contributed by atoms with Crippen molar-refractivity contribution in [2.75, 3.05) is 0 Å². The molecule has 0 spiro atoms. The zero-order chi connectivity index (χ0) is 12.7. The number of hydrogen-bond acceptors (Lipinski definition) is 5.